The zero-order valence-corrected chi connectivity index (χ0v) is 15.0. The molecule has 1 aromatic rings. The minimum atomic E-state index is 0.0365. The Hall–Kier alpha value is -1.38. The van der Waals surface area contributed by atoms with E-state index >= 15 is 0 Å². The molecule has 4 nitrogen and oxygen atoms in total. The van der Waals surface area contributed by atoms with Crippen LogP contribution in [-0.4, -0.2) is 17.6 Å². The van der Waals surface area contributed by atoms with Gasteiger partial charge in [0.05, 0.1) is 5.56 Å². The standard InChI is InChI=1S/C19H26N2O2S/c20-11-16-15-8-6-14(12-22)10-17(15)24-19(16)21-18(23)9-7-13-4-2-1-3-5-13/h13-14,22H,1-10,12H2,(H,21,23). The first kappa shape index (κ1) is 17.4. The lowest BCUT2D eigenvalue weighted by Crippen LogP contribution is -2.16. The van der Waals surface area contributed by atoms with Crippen molar-refractivity contribution in [2.24, 2.45) is 11.8 Å². The van der Waals surface area contributed by atoms with Crippen LogP contribution in [0.25, 0.3) is 0 Å². The van der Waals surface area contributed by atoms with Crippen molar-refractivity contribution in [1.82, 2.24) is 0 Å². The molecule has 0 saturated heterocycles. The second-order valence-electron chi connectivity index (χ2n) is 7.20. The predicted molar refractivity (Wildman–Crippen MR) is 96.1 cm³/mol. The van der Waals surface area contributed by atoms with Gasteiger partial charge in [0.15, 0.2) is 0 Å². The molecule has 0 radical (unpaired) electrons. The summed E-state index contributed by atoms with van der Waals surface area (Å²) in [7, 11) is 0. The van der Waals surface area contributed by atoms with Crippen molar-refractivity contribution < 1.29 is 9.90 Å². The molecule has 1 aromatic heterocycles. The number of anilines is 1. The molecule has 0 bridgehead atoms. The van der Waals surface area contributed by atoms with Gasteiger partial charge in [-0.2, -0.15) is 5.26 Å². The van der Waals surface area contributed by atoms with Gasteiger partial charge in [0, 0.05) is 17.9 Å². The first-order valence-electron chi connectivity index (χ1n) is 9.16. The molecule has 0 aromatic carbocycles. The maximum absolute atomic E-state index is 12.3. The fourth-order valence-electron chi connectivity index (χ4n) is 4.02. The Balaban J connectivity index is 1.61. The van der Waals surface area contributed by atoms with Crippen molar-refractivity contribution in [1.29, 1.82) is 5.26 Å². The van der Waals surface area contributed by atoms with E-state index in [1.165, 1.54) is 48.3 Å². The predicted octanol–water partition coefficient (Wildman–Crippen LogP) is 4.02. The van der Waals surface area contributed by atoms with Gasteiger partial charge in [-0.15, -0.1) is 11.3 Å². The molecule has 1 unspecified atom stereocenters. The van der Waals surface area contributed by atoms with Crippen molar-refractivity contribution in [3.8, 4) is 6.07 Å². The average Bonchev–Trinajstić information content (AvgIpc) is 2.96. The van der Waals surface area contributed by atoms with Crippen LogP contribution in [0.5, 0.6) is 0 Å². The van der Waals surface area contributed by atoms with Gasteiger partial charge in [0.25, 0.3) is 0 Å². The van der Waals surface area contributed by atoms with Crippen molar-refractivity contribution in [3.05, 3.63) is 16.0 Å². The lowest BCUT2D eigenvalue weighted by Gasteiger charge is -2.20. The minimum Gasteiger partial charge on any atom is -0.396 e. The molecule has 0 spiro atoms. The quantitative estimate of drug-likeness (QED) is 0.846. The van der Waals surface area contributed by atoms with E-state index in [0.29, 0.717) is 17.9 Å². The number of aliphatic hydroxyl groups is 1. The highest BCUT2D eigenvalue weighted by atomic mass is 32.1. The summed E-state index contributed by atoms with van der Waals surface area (Å²) in [6.45, 7) is 0.197. The number of hydrogen-bond acceptors (Lipinski definition) is 4. The van der Waals surface area contributed by atoms with Crippen molar-refractivity contribution in [2.45, 2.75) is 64.2 Å². The number of hydrogen-bond donors (Lipinski definition) is 2. The second kappa shape index (κ2) is 8.13. The molecule has 1 amide bonds. The molecule has 24 heavy (non-hydrogen) atoms. The highest BCUT2D eigenvalue weighted by Crippen LogP contribution is 2.39. The first-order chi connectivity index (χ1) is 11.7. The summed E-state index contributed by atoms with van der Waals surface area (Å²) in [5, 5.41) is 22.6. The number of nitrogens with one attached hydrogen (secondary N) is 1. The average molecular weight is 346 g/mol. The number of nitriles is 1. The van der Waals surface area contributed by atoms with Crippen LogP contribution in [-0.2, 0) is 17.6 Å². The number of carbonyl (C=O) groups is 1. The van der Waals surface area contributed by atoms with Crippen LogP contribution in [0.1, 0.15) is 67.4 Å². The Morgan fingerprint density at radius 2 is 2.04 bits per heavy atom. The van der Waals surface area contributed by atoms with Crippen molar-refractivity contribution in [2.75, 3.05) is 11.9 Å². The third-order valence-corrected chi connectivity index (χ3v) is 6.66. The summed E-state index contributed by atoms with van der Waals surface area (Å²) in [6, 6.07) is 2.28. The summed E-state index contributed by atoms with van der Waals surface area (Å²) < 4.78 is 0. The fraction of sp³-hybridized carbons (Fsp3) is 0.684. The number of fused-ring (bicyclic) bond motifs is 1. The first-order valence-corrected chi connectivity index (χ1v) is 9.98. The van der Waals surface area contributed by atoms with Gasteiger partial charge in [-0.1, -0.05) is 32.1 Å². The summed E-state index contributed by atoms with van der Waals surface area (Å²) >= 11 is 1.53. The van der Waals surface area contributed by atoms with E-state index in [0.717, 1.165) is 36.2 Å². The summed E-state index contributed by atoms with van der Waals surface area (Å²) in [6.07, 6.45) is 10.5. The van der Waals surface area contributed by atoms with E-state index in [1.807, 2.05) is 0 Å². The normalized spacial score (nSPS) is 21.1. The Morgan fingerprint density at radius 1 is 1.25 bits per heavy atom. The Bertz CT molecular complexity index is 626. The molecule has 2 N–H and O–H groups in total. The van der Waals surface area contributed by atoms with Gasteiger partial charge in [0.1, 0.15) is 11.1 Å². The molecule has 2 aliphatic rings. The molecule has 1 atom stereocenters. The summed E-state index contributed by atoms with van der Waals surface area (Å²) in [4.78, 5) is 13.5. The van der Waals surface area contributed by atoms with Crippen molar-refractivity contribution in [3.63, 3.8) is 0 Å². The van der Waals surface area contributed by atoms with E-state index < -0.39 is 0 Å². The molecule has 3 rings (SSSR count). The molecule has 1 fully saturated rings. The van der Waals surface area contributed by atoms with Gasteiger partial charge >= 0.3 is 0 Å². The third kappa shape index (κ3) is 3.99. The number of carbonyl (C=O) groups excluding carboxylic acids is 1. The van der Waals surface area contributed by atoms with E-state index in [2.05, 4.69) is 11.4 Å². The van der Waals surface area contributed by atoms with Crippen LogP contribution in [0.2, 0.25) is 0 Å². The minimum absolute atomic E-state index is 0.0365. The number of thiophene rings is 1. The van der Waals surface area contributed by atoms with Crippen LogP contribution in [0, 0.1) is 23.2 Å². The number of nitrogens with zero attached hydrogens (tertiary/aromatic N) is 1. The van der Waals surface area contributed by atoms with Crippen LogP contribution in [0.3, 0.4) is 0 Å². The number of amides is 1. The molecular formula is C19H26N2O2S. The van der Waals surface area contributed by atoms with Crippen LogP contribution in [0.15, 0.2) is 0 Å². The second-order valence-corrected chi connectivity index (χ2v) is 8.31. The molecular weight excluding hydrogens is 320 g/mol. The molecule has 5 heteroatoms. The van der Waals surface area contributed by atoms with Crippen LogP contribution in [0.4, 0.5) is 5.00 Å². The highest BCUT2D eigenvalue weighted by molar-refractivity contribution is 7.16. The number of aliphatic hydroxyl groups excluding tert-OH is 1. The molecule has 130 valence electrons. The van der Waals surface area contributed by atoms with E-state index in [4.69, 9.17) is 0 Å². The van der Waals surface area contributed by atoms with Crippen LogP contribution >= 0.6 is 11.3 Å². The van der Waals surface area contributed by atoms with E-state index in [1.54, 1.807) is 0 Å². The lowest BCUT2D eigenvalue weighted by molar-refractivity contribution is -0.116. The summed E-state index contributed by atoms with van der Waals surface area (Å²) in [5.74, 6) is 1.02. The zero-order valence-electron chi connectivity index (χ0n) is 14.1. The van der Waals surface area contributed by atoms with E-state index in [9.17, 15) is 15.2 Å². The van der Waals surface area contributed by atoms with Gasteiger partial charge in [-0.05, 0) is 43.1 Å². The van der Waals surface area contributed by atoms with Gasteiger partial charge in [-0.3, -0.25) is 4.79 Å². The summed E-state index contributed by atoms with van der Waals surface area (Å²) in [5.41, 5.74) is 1.74. The zero-order chi connectivity index (χ0) is 16.9. The van der Waals surface area contributed by atoms with Gasteiger partial charge < -0.3 is 10.4 Å². The molecule has 1 heterocycles. The number of rotatable bonds is 5. The molecule has 2 aliphatic carbocycles. The topological polar surface area (TPSA) is 73.1 Å². The van der Waals surface area contributed by atoms with Crippen molar-refractivity contribution >= 4 is 22.2 Å². The SMILES string of the molecule is N#Cc1c(NC(=O)CCC2CCCCC2)sc2c1CCC(CO)C2. The van der Waals surface area contributed by atoms with E-state index in [-0.39, 0.29) is 18.4 Å². The maximum Gasteiger partial charge on any atom is 0.225 e. The highest BCUT2D eigenvalue weighted by Gasteiger charge is 2.26. The fourth-order valence-corrected chi connectivity index (χ4v) is 5.35. The monoisotopic (exact) mass is 346 g/mol. The largest absolute Gasteiger partial charge is 0.396 e. The lowest BCUT2D eigenvalue weighted by atomic mass is 9.86. The third-order valence-electron chi connectivity index (χ3n) is 5.49. The Kier molecular flexibility index (Phi) is 5.91. The molecule has 1 saturated carbocycles. The maximum atomic E-state index is 12.3. The smallest absolute Gasteiger partial charge is 0.225 e. The van der Waals surface area contributed by atoms with Gasteiger partial charge in [0.2, 0.25) is 5.91 Å². The molecule has 0 aliphatic heterocycles. The van der Waals surface area contributed by atoms with Gasteiger partial charge in [-0.25, -0.2) is 0 Å². The Labute approximate surface area is 147 Å². The Morgan fingerprint density at radius 3 is 2.75 bits per heavy atom. The van der Waals surface area contributed by atoms with Crippen LogP contribution < -0.4 is 5.32 Å².